The number of carbonyl (C=O) groups is 1. The molecule has 2 aromatic carbocycles. The molecule has 0 aliphatic rings. The quantitative estimate of drug-likeness (QED) is 0.637. The SMILES string of the molecule is CCN(CC)c1ccc(NCCC(=O)Nc2cc(C)c(Cl)cc2OC)cc1. The highest BCUT2D eigenvalue weighted by molar-refractivity contribution is 6.31. The Balaban J connectivity index is 1.87. The van der Waals surface area contributed by atoms with Crippen LogP contribution < -0.4 is 20.3 Å². The van der Waals surface area contributed by atoms with Gasteiger partial charge in [-0.05, 0) is 56.7 Å². The summed E-state index contributed by atoms with van der Waals surface area (Å²) in [6, 6.07) is 11.8. The van der Waals surface area contributed by atoms with Crippen LogP contribution in [0.2, 0.25) is 5.02 Å². The molecule has 2 rings (SSSR count). The molecule has 0 radical (unpaired) electrons. The van der Waals surface area contributed by atoms with Gasteiger partial charge in [-0.1, -0.05) is 11.6 Å². The molecular weight excluding hydrogens is 362 g/mol. The highest BCUT2D eigenvalue weighted by atomic mass is 35.5. The molecule has 0 unspecified atom stereocenters. The summed E-state index contributed by atoms with van der Waals surface area (Å²) in [5.41, 5.74) is 3.72. The molecule has 5 nitrogen and oxygen atoms in total. The molecule has 0 atom stereocenters. The van der Waals surface area contributed by atoms with Gasteiger partial charge >= 0.3 is 0 Å². The lowest BCUT2D eigenvalue weighted by molar-refractivity contribution is -0.116. The second-order valence-electron chi connectivity index (χ2n) is 6.25. The topological polar surface area (TPSA) is 53.6 Å². The van der Waals surface area contributed by atoms with Crippen LogP contribution in [0, 0.1) is 6.92 Å². The van der Waals surface area contributed by atoms with Crippen molar-refractivity contribution in [1.29, 1.82) is 0 Å². The first kappa shape index (κ1) is 20.9. The van der Waals surface area contributed by atoms with Gasteiger partial charge in [-0.3, -0.25) is 4.79 Å². The van der Waals surface area contributed by atoms with Gasteiger partial charge in [0.1, 0.15) is 5.75 Å². The van der Waals surface area contributed by atoms with Gasteiger partial charge < -0.3 is 20.3 Å². The van der Waals surface area contributed by atoms with E-state index in [2.05, 4.69) is 41.5 Å². The van der Waals surface area contributed by atoms with Crippen molar-refractivity contribution < 1.29 is 9.53 Å². The van der Waals surface area contributed by atoms with Gasteiger partial charge in [-0.2, -0.15) is 0 Å². The van der Waals surface area contributed by atoms with E-state index in [1.807, 2.05) is 25.1 Å². The lowest BCUT2D eigenvalue weighted by atomic mass is 10.2. The van der Waals surface area contributed by atoms with E-state index in [-0.39, 0.29) is 5.91 Å². The van der Waals surface area contributed by atoms with Gasteiger partial charge in [-0.15, -0.1) is 0 Å². The maximum Gasteiger partial charge on any atom is 0.226 e. The van der Waals surface area contributed by atoms with Gasteiger partial charge in [0.25, 0.3) is 0 Å². The Morgan fingerprint density at radius 2 is 1.81 bits per heavy atom. The molecule has 0 aromatic heterocycles. The number of carbonyl (C=O) groups excluding carboxylic acids is 1. The number of ether oxygens (including phenoxy) is 1. The fourth-order valence-corrected chi connectivity index (χ4v) is 3.00. The molecule has 0 aliphatic carbocycles. The fourth-order valence-electron chi connectivity index (χ4n) is 2.84. The summed E-state index contributed by atoms with van der Waals surface area (Å²) in [4.78, 5) is 14.5. The highest BCUT2D eigenvalue weighted by Gasteiger charge is 2.10. The van der Waals surface area contributed by atoms with Crippen LogP contribution in [0.1, 0.15) is 25.8 Å². The summed E-state index contributed by atoms with van der Waals surface area (Å²) in [5.74, 6) is 0.473. The second kappa shape index (κ2) is 10.1. The van der Waals surface area contributed by atoms with Crippen molar-refractivity contribution in [3.63, 3.8) is 0 Å². The van der Waals surface area contributed by atoms with Gasteiger partial charge in [0.15, 0.2) is 0 Å². The molecule has 0 saturated carbocycles. The van der Waals surface area contributed by atoms with Gasteiger partial charge in [0, 0.05) is 48.5 Å². The zero-order valence-corrected chi connectivity index (χ0v) is 17.2. The van der Waals surface area contributed by atoms with Crippen LogP contribution in [-0.4, -0.2) is 32.7 Å². The molecular formula is C21H28ClN3O2. The number of nitrogens with one attached hydrogen (secondary N) is 2. The summed E-state index contributed by atoms with van der Waals surface area (Å²) >= 11 is 6.10. The van der Waals surface area contributed by atoms with Gasteiger partial charge in [0.05, 0.1) is 12.8 Å². The number of amides is 1. The van der Waals surface area contributed by atoms with Crippen LogP contribution in [0.15, 0.2) is 36.4 Å². The van der Waals surface area contributed by atoms with Crippen molar-refractivity contribution >= 4 is 34.6 Å². The minimum atomic E-state index is -0.0812. The molecule has 0 fully saturated rings. The third-order valence-electron chi connectivity index (χ3n) is 4.43. The van der Waals surface area contributed by atoms with E-state index in [4.69, 9.17) is 16.3 Å². The Labute approximate surface area is 166 Å². The first-order valence-electron chi connectivity index (χ1n) is 9.21. The fraction of sp³-hybridized carbons (Fsp3) is 0.381. The van der Waals surface area contributed by atoms with E-state index in [0.717, 1.165) is 24.3 Å². The first-order valence-corrected chi connectivity index (χ1v) is 9.59. The number of aryl methyl sites for hydroxylation is 1. The lowest BCUT2D eigenvalue weighted by Crippen LogP contribution is -2.21. The monoisotopic (exact) mass is 389 g/mol. The van der Waals surface area contributed by atoms with Crippen molar-refractivity contribution in [2.45, 2.75) is 27.2 Å². The Morgan fingerprint density at radius 1 is 1.15 bits per heavy atom. The predicted molar refractivity (Wildman–Crippen MR) is 114 cm³/mol. The molecule has 0 aliphatic heterocycles. The van der Waals surface area contributed by atoms with Crippen LogP contribution in [0.3, 0.4) is 0 Å². The Kier molecular flexibility index (Phi) is 7.80. The van der Waals surface area contributed by atoms with Gasteiger partial charge in [0.2, 0.25) is 5.91 Å². The predicted octanol–water partition coefficient (Wildman–Crippen LogP) is 4.94. The Bertz CT molecular complexity index is 759. The van der Waals surface area contributed by atoms with Gasteiger partial charge in [-0.25, -0.2) is 0 Å². The van der Waals surface area contributed by atoms with Crippen LogP contribution in [0.4, 0.5) is 17.1 Å². The average Bonchev–Trinajstić information content (AvgIpc) is 2.66. The number of methoxy groups -OCH3 is 1. The van der Waals surface area contributed by atoms with E-state index in [0.29, 0.717) is 29.4 Å². The summed E-state index contributed by atoms with van der Waals surface area (Å²) in [6.45, 7) is 8.69. The van der Waals surface area contributed by atoms with E-state index in [1.54, 1.807) is 13.2 Å². The number of anilines is 3. The maximum atomic E-state index is 12.2. The third-order valence-corrected chi connectivity index (χ3v) is 4.84. The molecule has 1 amide bonds. The number of hydrogen-bond donors (Lipinski definition) is 2. The van der Waals surface area contributed by atoms with E-state index >= 15 is 0 Å². The maximum absolute atomic E-state index is 12.2. The molecule has 27 heavy (non-hydrogen) atoms. The van der Waals surface area contributed by atoms with E-state index < -0.39 is 0 Å². The van der Waals surface area contributed by atoms with Crippen LogP contribution in [0.5, 0.6) is 5.75 Å². The van der Waals surface area contributed by atoms with Crippen LogP contribution in [-0.2, 0) is 4.79 Å². The Hall–Kier alpha value is -2.40. The average molecular weight is 390 g/mol. The zero-order chi connectivity index (χ0) is 19.8. The molecule has 0 spiro atoms. The van der Waals surface area contributed by atoms with Crippen molar-refractivity contribution in [3.05, 3.63) is 47.0 Å². The van der Waals surface area contributed by atoms with Crippen LogP contribution in [0.25, 0.3) is 0 Å². The minimum absolute atomic E-state index is 0.0812. The van der Waals surface area contributed by atoms with E-state index in [9.17, 15) is 4.79 Å². The first-order chi connectivity index (χ1) is 13.0. The zero-order valence-electron chi connectivity index (χ0n) is 16.4. The molecule has 0 saturated heterocycles. The van der Waals surface area contributed by atoms with Crippen molar-refractivity contribution in [1.82, 2.24) is 0 Å². The number of hydrogen-bond acceptors (Lipinski definition) is 4. The van der Waals surface area contributed by atoms with E-state index in [1.165, 1.54) is 5.69 Å². The number of nitrogens with zero attached hydrogens (tertiary/aromatic N) is 1. The number of rotatable bonds is 9. The third kappa shape index (κ3) is 5.79. The summed E-state index contributed by atoms with van der Waals surface area (Å²) in [6.07, 6.45) is 0.350. The summed E-state index contributed by atoms with van der Waals surface area (Å²) in [5, 5.41) is 6.78. The molecule has 0 bridgehead atoms. The smallest absolute Gasteiger partial charge is 0.226 e. The summed E-state index contributed by atoms with van der Waals surface area (Å²) in [7, 11) is 1.56. The molecule has 2 aromatic rings. The summed E-state index contributed by atoms with van der Waals surface area (Å²) < 4.78 is 5.29. The highest BCUT2D eigenvalue weighted by Crippen LogP contribution is 2.31. The Morgan fingerprint density at radius 3 is 2.41 bits per heavy atom. The molecule has 146 valence electrons. The molecule has 0 heterocycles. The van der Waals surface area contributed by atoms with Crippen molar-refractivity contribution in [2.75, 3.05) is 42.3 Å². The second-order valence-corrected chi connectivity index (χ2v) is 6.65. The number of benzene rings is 2. The molecule has 6 heteroatoms. The number of halogens is 1. The standard InChI is InChI=1S/C21H28ClN3O2/c1-5-25(6-2)17-9-7-16(8-10-17)23-12-11-21(26)24-19-13-15(3)18(22)14-20(19)27-4/h7-10,13-14,23H,5-6,11-12H2,1-4H3,(H,24,26). The normalized spacial score (nSPS) is 10.4. The molecule has 2 N–H and O–H groups in total. The minimum Gasteiger partial charge on any atom is -0.495 e. The van der Waals surface area contributed by atoms with Crippen molar-refractivity contribution in [3.8, 4) is 5.75 Å². The van der Waals surface area contributed by atoms with Crippen LogP contribution >= 0.6 is 11.6 Å². The van der Waals surface area contributed by atoms with Crippen molar-refractivity contribution in [2.24, 2.45) is 0 Å². The lowest BCUT2D eigenvalue weighted by Gasteiger charge is -2.21. The largest absolute Gasteiger partial charge is 0.495 e.